The van der Waals surface area contributed by atoms with Crippen LogP contribution < -0.4 is 5.73 Å². The van der Waals surface area contributed by atoms with Crippen molar-refractivity contribution in [1.29, 1.82) is 0 Å². The molecule has 4 nitrogen and oxygen atoms in total. The van der Waals surface area contributed by atoms with E-state index in [0.717, 1.165) is 22.8 Å². The SMILES string of the molecule is Cn1nc(-c2ccc(CN3CCCCC3)c(Cl)c2)cc1N. The monoisotopic (exact) mass is 304 g/mol. The normalized spacial score (nSPS) is 16.3. The van der Waals surface area contributed by atoms with Crippen molar-refractivity contribution in [3.8, 4) is 11.3 Å². The molecule has 1 aromatic carbocycles. The number of hydrogen-bond acceptors (Lipinski definition) is 3. The Balaban J connectivity index is 1.79. The zero-order chi connectivity index (χ0) is 14.8. The number of aryl methyl sites for hydroxylation is 1. The largest absolute Gasteiger partial charge is 0.384 e. The lowest BCUT2D eigenvalue weighted by Gasteiger charge is -2.26. The summed E-state index contributed by atoms with van der Waals surface area (Å²) in [7, 11) is 1.84. The maximum atomic E-state index is 6.45. The van der Waals surface area contributed by atoms with E-state index in [1.165, 1.54) is 37.9 Å². The first-order chi connectivity index (χ1) is 10.1. The Morgan fingerprint density at radius 1 is 1.19 bits per heavy atom. The lowest BCUT2D eigenvalue weighted by atomic mass is 10.1. The lowest BCUT2D eigenvalue weighted by molar-refractivity contribution is 0.221. The van der Waals surface area contributed by atoms with Crippen molar-refractivity contribution in [3.05, 3.63) is 34.9 Å². The summed E-state index contributed by atoms with van der Waals surface area (Å²) in [5.74, 6) is 0.651. The summed E-state index contributed by atoms with van der Waals surface area (Å²) >= 11 is 6.45. The predicted molar refractivity (Wildman–Crippen MR) is 87.2 cm³/mol. The first-order valence-corrected chi connectivity index (χ1v) is 7.82. The van der Waals surface area contributed by atoms with Crippen LogP contribution in [0.2, 0.25) is 5.02 Å². The molecule has 0 radical (unpaired) electrons. The number of nitrogens with two attached hydrogens (primary N) is 1. The van der Waals surface area contributed by atoms with Gasteiger partial charge in [0.2, 0.25) is 0 Å². The second-order valence-electron chi connectivity index (χ2n) is 5.72. The Labute approximate surface area is 130 Å². The van der Waals surface area contributed by atoms with Gasteiger partial charge in [0.05, 0.1) is 5.69 Å². The topological polar surface area (TPSA) is 47.1 Å². The van der Waals surface area contributed by atoms with Crippen molar-refractivity contribution in [2.75, 3.05) is 18.8 Å². The average molecular weight is 305 g/mol. The molecule has 1 aliphatic heterocycles. The van der Waals surface area contributed by atoms with E-state index in [1.807, 2.05) is 19.2 Å². The molecule has 0 unspecified atom stereocenters. The molecule has 1 saturated heterocycles. The van der Waals surface area contributed by atoms with Crippen molar-refractivity contribution in [3.63, 3.8) is 0 Å². The molecule has 21 heavy (non-hydrogen) atoms. The Bertz CT molecular complexity index is 610. The van der Waals surface area contributed by atoms with Gasteiger partial charge in [0.1, 0.15) is 5.82 Å². The van der Waals surface area contributed by atoms with Crippen molar-refractivity contribution in [2.45, 2.75) is 25.8 Å². The van der Waals surface area contributed by atoms with E-state index in [1.54, 1.807) is 4.68 Å². The summed E-state index contributed by atoms with van der Waals surface area (Å²) in [4.78, 5) is 2.48. The number of benzene rings is 1. The van der Waals surface area contributed by atoms with Crippen molar-refractivity contribution < 1.29 is 0 Å². The minimum atomic E-state index is 0.651. The van der Waals surface area contributed by atoms with Gasteiger partial charge in [-0.3, -0.25) is 9.58 Å². The Morgan fingerprint density at radius 3 is 2.57 bits per heavy atom. The molecule has 2 heterocycles. The molecule has 2 N–H and O–H groups in total. The summed E-state index contributed by atoms with van der Waals surface area (Å²) < 4.78 is 1.67. The van der Waals surface area contributed by atoms with E-state index in [0.29, 0.717) is 5.82 Å². The standard InChI is InChI=1S/C16H21ClN4/c1-20-16(18)10-15(19-20)12-5-6-13(14(17)9-12)11-21-7-3-2-4-8-21/h5-6,9-10H,2-4,7-8,11,18H2,1H3. The fourth-order valence-corrected chi connectivity index (χ4v) is 3.06. The van der Waals surface area contributed by atoms with E-state index in [-0.39, 0.29) is 0 Å². The molecule has 0 bridgehead atoms. The third kappa shape index (κ3) is 3.22. The molecule has 1 aromatic heterocycles. The number of anilines is 1. The molecule has 0 saturated carbocycles. The van der Waals surface area contributed by atoms with Gasteiger partial charge in [0.15, 0.2) is 0 Å². The zero-order valence-electron chi connectivity index (χ0n) is 12.3. The molecule has 0 atom stereocenters. The second-order valence-corrected chi connectivity index (χ2v) is 6.13. The van der Waals surface area contributed by atoms with Gasteiger partial charge in [-0.15, -0.1) is 0 Å². The van der Waals surface area contributed by atoms with Crippen LogP contribution in [0.25, 0.3) is 11.3 Å². The number of likely N-dealkylation sites (tertiary alicyclic amines) is 1. The quantitative estimate of drug-likeness (QED) is 0.946. The van der Waals surface area contributed by atoms with Gasteiger partial charge >= 0.3 is 0 Å². The summed E-state index contributed by atoms with van der Waals surface area (Å²) in [5.41, 5.74) is 8.89. The van der Waals surface area contributed by atoms with Gasteiger partial charge in [0, 0.05) is 30.2 Å². The average Bonchev–Trinajstić information content (AvgIpc) is 2.82. The van der Waals surface area contributed by atoms with Crippen LogP contribution in [0, 0.1) is 0 Å². The van der Waals surface area contributed by atoms with Crippen LogP contribution in [-0.2, 0) is 13.6 Å². The number of nitrogen functional groups attached to an aromatic ring is 1. The second kappa shape index (κ2) is 6.08. The Morgan fingerprint density at radius 2 is 1.95 bits per heavy atom. The maximum Gasteiger partial charge on any atom is 0.121 e. The highest BCUT2D eigenvalue weighted by molar-refractivity contribution is 6.31. The third-order valence-corrected chi connectivity index (χ3v) is 4.46. The van der Waals surface area contributed by atoms with Crippen LogP contribution in [0.4, 0.5) is 5.82 Å². The van der Waals surface area contributed by atoms with E-state index in [2.05, 4.69) is 22.1 Å². The van der Waals surface area contributed by atoms with Crippen LogP contribution in [0.1, 0.15) is 24.8 Å². The van der Waals surface area contributed by atoms with Gasteiger partial charge in [-0.05, 0) is 37.6 Å². The molecule has 2 aromatic rings. The molecule has 112 valence electrons. The van der Waals surface area contributed by atoms with Gasteiger partial charge in [-0.2, -0.15) is 5.10 Å². The first kappa shape index (κ1) is 14.4. The van der Waals surface area contributed by atoms with Crippen LogP contribution in [-0.4, -0.2) is 27.8 Å². The van der Waals surface area contributed by atoms with Gasteiger partial charge < -0.3 is 5.73 Å². The Hall–Kier alpha value is -1.52. The number of piperidine rings is 1. The first-order valence-electron chi connectivity index (χ1n) is 7.44. The van der Waals surface area contributed by atoms with Gasteiger partial charge in [0.25, 0.3) is 0 Å². The molecule has 3 rings (SSSR count). The van der Waals surface area contributed by atoms with Crippen LogP contribution in [0.15, 0.2) is 24.3 Å². The number of nitrogens with zero attached hydrogens (tertiary/aromatic N) is 3. The molecule has 0 amide bonds. The minimum absolute atomic E-state index is 0.651. The van der Waals surface area contributed by atoms with Crippen molar-refractivity contribution in [1.82, 2.24) is 14.7 Å². The smallest absolute Gasteiger partial charge is 0.121 e. The highest BCUT2D eigenvalue weighted by Crippen LogP contribution is 2.27. The van der Waals surface area contributed by atoms with E-state index >= 15 is 0 Å². The fourth-order valence-electron chi connectivity index (χ4n) is 2.82. The fraction of sp³-hybridized carbons (Fsp3) is 0.438. The molecular weight excluding hydrogens is 284 g/mol. The van der Waals surface area contributed by atoms with E-state index < -0.39 is 0 Å². The molecule has 0 spiro atoms. The number of aromatic nitrogens is 2. The number of hydrogen-bond donors (Lipinski definition) is 1. The summed E-state index contributed by atoms with van der Waals surface area (Å²) in [5, 5.41) is 5.20. The summed E-state index contributed by atoms with van der Waals surface area (Å²) in [6.45, 7) is 3.28. The molecule has 5 heteroatoms. The molecular formula is C16H21ClN4. The summed E-state index contributed by atoms with van der Waals surface area (Å²) in [6, 6.07) is 8.04. The van der Waals surface area contributed by atoms with Gasteiger partial charge in [-0.25, -0.2) is 0 Å². The molecule has 1 aliphatic rings. The molecule has 1 fully saturated rings. The van der Waals surface area contributed by atoms with Gasteiger partial charge in [-0.1, -0.05) is 30.2 Å². The van der Waals surface area contributed by atoms with E-state index in [9.17, 15) is 0 Å². The van der Waals surface area contributed by atoms with Crippen LogP contribution in [0.5, 0.6) is 0 Å². The van der Waals surface area contributed by atoms with Crippen molar-refractivity contribution >= 4 is 17.4 Å². The van der Waals surface area contributed by atoms with E-state index in [4.69, 9.17) is 17.3 Å². The highest BCUT2D eigenvalue weighted by Gasteiger charge is 2.13. The molecule has 0 aliphatic carbocycles. The number of rotatable bonds is 3. The minimum Gasteiger partial charge on any atom is -0.384 e. The maximum absolute atomic E-state index is 6.45. The zero-order valence-corrected chi connectivity index (χ0v) is 13.1. The van der Waals surface area contributed by atoms with Crippen LogP contribution in [0.3, 0.4) is 0 Å². The lowest BCUT2D eigenvalue weighted by Crippen LogP contribution is -2.29. The summed E-state index contributed by atoms with van der Waals surface area (Å²) in [6.07, 6.45) is 3.94. The predicted octanol–water partition coefficient (Wildman–Crippen LogP) is 3.31. The van der Waals surface area contributed by atoms with Crippen LogP contribution >= 0.6 is 11.6 Å². The Kier molecular flexibility index (Phi) is 4.17. The highest BCUT2D eigenvalue weighted by atomic mass is 35.5. The van der Waals surface area contributed by atoms with Crippen molar-refractivity contribution in [2.24, 2.45) is 7.05 Å². The number of halogens is 1. The third-order valence-electron chi connectivity index (χ3n) is 4.11.